The molecule has 0 saturated carbocycles. The average Bonchev–Trinajstić information content (AvgIpc) is 2.18. The minimum atomic E-state index is -0.756. The van der Waals surface area contributed by atoms with Gasteiger partial charge in [-0.3, -0.25) is 10.5 Å². The lowest BCUT2D eigenvalue weighted by molar-refractivity contribution is -0.137. The molecule has 0 saturated heterocycles. The summed E-state index contributed by atoms with van der Waals surface area (Å²) in [7, 11) is 0. The fourth-order valence-corrected chi connectivity index (χ4v) is 1.40. The molecule has 0 aromatic heterocycles. The van der Waals surface area contributed by atoms with Gasteiger partial charge in [0.2, 0.25) is 0 Å². The van der Waals surface area contributed by atoms with Crippen LogP contribution < -0.4 is 5.73 Å². The summed E-state index contributed by atoms with van der Waals surface area (Å²) in [5, 5.41) is 8.48. The zero-order chi connectivity index (χ0) is 10.4. The van der Waals surface area contributed by atoms with Crippen LogP contribution in [0, 0.1) is 0 Å². The number of carboxylic acid groups (broad SMARTS) is 1. The zero-order valence-corrected chi connectivity index (χ0v) is 7.99. The van der Waals surface area contributed by atoms with E-state index in [4.69, 9.17) is 10.8 Å². The number of hydrogen-bond acceptors (Lipinski definition) is 1. The van der Waals surface area contributed by atoms with Crippen molar-refractivity contribution in [2.45, 2.75) is 25.8 Å². The van der Waals surface area contributed by atoms with Gasteiger partial charge < -0.3 is 5.11 Å². The van der Waals surface area contributed by atoms with E-state index in [1.165, 1.54) is 0 Å². The first kappa shape index (κ1) is 10.7. The van der Waals surface area contributed by atoms with E-state index in [1.807, 2.05) is 24.3 Å². The maximum absolute atomic E-state index is 10.3. The predicted octanol–water partition coefficient (Wildman–Crippen LogP) is 1.88. The molecule has 3 heteroatoms. The Labute approximate surface area is 83.6 Å². The van der Waals surface area contributed by atoms with Gasteiger partial charge in [-0.25, -0.2) is 0 Å². The first-order valence-corrected chi connectivity index (χ1v) is 4.67. The van der Waals surface area contributed by atoms with Crippen molar-refractivity contribution in [3.63, 3.8) is 0 Å². The molecule has 0 heterocycles. The standard InChI is InChI=1S/C11H14NO2/c12-8-10-5-2-1-4-9(10)6-3-7-11(13)14/h1-2,4-5,12H,3,6-8H2,(H,13,14). The van der Waals surface area contributed by atoms with Crippen molar-refractivity contribution >= 4 is 5.97 Å². The van der Waals surface area contributed by atoms with Crippen LogP contribution in [0.2, 0.25) is 0 Å². The van der Waals surface area contributed by atoms with Gasteiger partial charge in [-0.15, -0.1) is 0 Å². The van der Waals surface area contributed by atoms with E-state index in [0.717, 1.165) is 17.5 Å². The van der Waals surface area contributed by atoms with Gasteiger partial charge in [0.25, 0.3) is 0 Å². The second kappa shape index (κ2) is 5.40. The van der Waals surface area contributed by atoms with Gasteiger partial charge >= 0.3 is 5.97 Å². The van der Waals surface area contributed by atoms with Crippen molar-refractivity contribution in [1.82, 2.24) is 5.73 Å². The summed E-state index contributed by atoms with van der Waals surface area (Å²) in [4.78, 5) is 10.3. The first-order chi connectivity index (χ1) is 6.74. The van der Waals surface area contributed by atoms with Gasteiger partial charge in [-0.1, -0.05) is 24.3 Å². The van der Waals surface area contributed by atoms with Gasteiger partial charge in [0.1, 0.15) is 0 Å². The predicted molar refractivity (Wildman–Crippen MR) is 53.8 cm³/mol. The average molecular weight is 192 g/mol. The number of benzene rings is 1. The van der Waals surface area contributed by atoms with Crippen molar-refractivity contribution in [3.8, 4) is 0 Å². The van der Waals surface area contributed by atoms with E-state index in [1.54, 1.807) is 0 Å². The monoisotopic (exact) mass is 192 g/mol. The van der Waals surface area contributed by atoms with Crippen LogP contribution in [-0.2, 0) is 17.8 Å². The molecule has 0 bridgehead atoms. The summed E-state index contributed by atoms with van der Waals surface area (Å²) < 4.78 is 0. The SMILES string of the molecule is [NH]Cc1ccccc1CCCC(=O)O. The van der Waals surface area contributed by atoms with Crippen LogP contribution in [0.25, 0.3) is 0 Å². The lowest BCUT2D eigenvalue weighted by Gasteiger charge is -2.05. The third kappa shape index (κ3) is 3.18. The molecular formula is C11H14NO2. The molecule has 0 atom stereocenters. The van der Waals surface area contributed by atoms with E-state index < -0.39 is 5.97 Å². The highest BCUT2D eigenvalue weighted by molar-refractivity contribution is 5.66. The fourth-order valence-electron chi connectivity index (χ4n) is 1.40. The Hall–Kier alpha value is -1.35. The minimum absolute atomic E-state index is 0.201. The Kier molecular flexibility index (Phi) is 4.13. The molecule has 1 aromatic rings. The number of rotatable bonds is 5. The van der Waals surface area contributed by atoms with Crippen LogP contribution in [0.4, 0.5) is 0 Å². The Morgan fingerprint density at radius 2 is 1.93 bits per heavy atom. The molecule has 0 fully saturated rings. The minimum Gasteiger partial charge on any atom is -0.481 e. The van der Waals surface area contributed by atoms with Crippen molar-refractivity contribution in [2.24, 2.45) is 0 Å². The van der Waals surface area contributed by atoms with Gasteiger partial charge in [0, 0.05) is 13.0 Å². The highest BCUT2D eigenvalue weighted by atomic mass is 16.4. The first-order valence-electron chi connectivity index (χ1n) is 4.67. The van der Waals surface area contributed by atoms with E-state index in [2.05, 4.69) is 0 Å². The van der Waals surface area contributed by atoms with Crippen molar-refractivity contribution in [2.75, 3.05) is 0 Å². The summed E-state index contributed by atoms with van der Waals surface area (Å²) >= 11 is 0. The van der Waals surface area contributed by atoms with E-state index in [9.17, 15) is 4.79 Å². The van der Waals surface area contributed by atoms with Crippen molar-refractivity contribution < 1.29 is 9.90 Å². The van der Waals surface area contributed by atoms with E-state index in [-0.39, 0.29) is 13.0 Å². The van der Waals surface area contributed by atoms with Crippen LogP contribution in [-0.4, -0.2) is 11.1 Å². The summed E-state index contributed by atoms with van der Waals surface area (Å²) in [5.41, 5.74) is 9.39. The zero-order valence-electron chi connectivity index (χ0n) is 7.99. The summed E-state index contributed by atoms with van der Waals surface area (Å²) in [6.45, 7) is 0.267. The molecule has 2 N–H and O–H groups in total. The number of carboxylic acids is 1. The number of nitrogens with one attached hydrogen (secondary N) is 1. The highest BCUT2D eigenvalue weighted by Crippen LogP contribution is 2.11. The van der Waals surface area contributed by atoms with Gasteiger partial charge in [0.05, 0.1) is 0 Å². The molecule has 0 aliphatic carbocycles. The molecule has 1 aromatic carbocycles. The molecule has 75 valence electrons. The third-order valence-corrected chi connectivity index (χ3v) is 2.15. The molecule has 1 rings (SSSR count). The molecule has 3 nitrogen and oxygen atoms in total. The Bertz CT molecular complexity index is 310. The van der Waals surface area contributed by atoms with E-state index in [0.29, 0.717) is 6.42 Å². The van der Waals surface area contributed by atoms with Crippen LogP contribution >= 0.6 is 0 Å². The van der Waals surface area contributed by atoms with Crippen LogP contribution in [0.5, 0.6) is 0 Å². The quantitative estimate of drug-likeness (QED) is 0.774. The van der Waals surface area contributed by atoms with Crippen LogP contribution in [0.1, 0.15) is 24.0 Å². The summed E-state index contributed by atoms with van der Waals surface area (Å²) in [5.74, 6) is -0.756. The van der Waals surface area contributed by atoms with Crippen LogP contribution in [0.15, 0.2) is 24.3 Å². The fraction of sp³-hybridized carbons (Fsp3) is 0.364. The molecule has 0 aliphatic heterocycles. The Morgan fingerprint density at radius 3 is 2.50 bits per heavy atom. The smallest absolute Gasteiger partial charge is 0.303 e. The third-order valence-electron chi connectivity index (χ3n) is 2.15. The normalized spacial score (nSPS) is 10.1. The molecule has 0 amide bonds. The largest absolute Gasteiger partial charge is 0.481 e. The molecule has 1 radical (unpaired) electrons. The Morgan fingerprint density at radius 1 is 1.29 bits per heavy atom. The van der Waals surface area contributed by atoms with Crippen molar-refractivity contribution in [1.29, 1.82) is 0 Å². The highest BCUT2D eigenvalue weighted by Gasteiger charge is 2.01. The number of hydrogen-bond donors (Lipinski definition) is 1. The lowest BCUT2D eigenvalue weighted by atomic mass is 10.0. The number of aliphatic carboxylic acids is 1. The van der Waals surface area contributed by atoms with Crippen molar-refractivity contribution in [3.05, 3.63) is 35.4 Å². The molecule has 14 heavy (non-hydrogen) atoms. The molecule has 0 spiro atoms. The Balaban J connectivity index is 2.53. The van der Waals surface area contributed by atoms with Gasteiger partial charge in [0.15, 0.2) is 0 Å². The second-order valence-electron chi connectivity index (χ2n) is 3.19. The maximum Gasteiger partial charge on any atom is 0.303 e. The molecule has 0 aliphatic rings. The van der Waals surface area contributed by atoms with Crippen LogP contribution in [0.3, 0.4) is 0 Å². The van der Waals surface area contributed by atoms with E-state index >= 15 is 0 Å². The lowest BCUT2D eigenvalue weighted by Crippen LogP contribution is -1.98. The summed E-state index contributed by atoms with van der Waals surface area (Å²) in [6.07, 6.45) is 1.60. The number of carbonyl (C=O) groups is 1. The van der Waals surface area contributed by atoms with Gasteiger partial charge in [-0.2, -0.15) is 0 Å². The molecular weight excluding hydrogens is 178 g/mol. The molecule has 0 unspecified atom stereocenters. The number of aryl methyl sites for hydroxylation is 1. The summed E-state index contributed by atoms with van der Waals surface area (Å²) in [6, 6.07) is 7.72. The topological polar surface area (TPSA) is 61.1 Å². The maximum atomic E-state index is 10.3. The second-order valence-corrected chi connectivity index (χ2v) is 3.19. The van der Waals surface area contributed by atoms with Gasteiger partial charge in [-0.05, 0) is 24.0 Å².